The number of nitrogens with zero attached hydrogens (tertiary/aromatic N) is 3. The number of carbonyl (C=O) groups excluding carboxylic acids is 2. The van der Waals surface area contributed by atoms with Gasteiger partial charge in [-0.2, -0.15) is 5.10 Å². The van der Waals surface area contributed by atoms with E-state index in [9.17, 15) is 9.59 Å². The molecule has 2 aromatic heterocycles. The third-order valence-corrected chi connectivity index (χ3v) is 6.94. The van der Waals surface area contributed by atoms with Gasteiger partial charge in [0, 0.05) is 24.3 Å². The normalized spacial score (nSPS) is 20.0. The maximum atomic E-state index is 12.9. The van der Waals surface area contributed by atoms with E-state index in [-0.39, 0.29) is 30.3 Å². The van der Waals surface area contributed by atoms with Crippen LogP contribution in [-0.4, -0.2) is 41.0 Å². The van der Waals surface area contributed by atoms with Crippen molar-refractivity contribution in [1.29, 1.82) is 0 Å². The number of hydrogen-bond acceptors (Lipinski definition) is 5. The molecule has 0 N–H and O–H groups in total. The van der Waals surface area contributed by atoms with E-state index in [0.717, 1.165) is 34.7 Å². The quantitative estimate of drug-likeness (QED) is 0.785. The molecule has 1 unspecified atom stereocenters. The number of rotatable bonds is 5. The van der Waals surface area contributed by atoms with Gasteiger partial charge in [-0.15, -0.1) is 22.7 Å². The second-order valence-electron chi connectivity index (χ2n) is 6.82. The van der Waals surface area contributed by atoms with Gasteiger partial charge >= 0.3 is 0 Å². The van der Waals surface area contributed by atoms with Gasteiger partial charge in [-0.25, -0.2) is 5.01 Å². The molecule has 7 heteroatoms. The lowest BCUT2D eigenvalue weighted by Gasteiger charge is -2.30. The number of hydrazone groups is 1. The highest BCUT2D eigenvalue weighted by Crippen LogP contribution is 2.36. The first-order valence-corrected chi connectivity index (χ1v) is 10.6. The molecule has 26 heavy (non-hydrogen) atoms. The Kier molecular flexibility index (Phi) is 4.91. The van der Waals surface area contributed by atoms with Gasteiger partial charge in [0.25, 0.3) is 5.91 Å². The summed E-state index contributed by atoms with van der Waals surface area (Å²) < 4.78 is 0. The maximum absolute atomic E-state index is 12.9. The zero-order chi connectivity index (χ0) is 18.1. The van der Waals surface area contributed by atoms with Crippen molar-refractivity contribution in [2.24, 2.45) is 11.0 Å². The third-order valence-electron chi connectivity index (χ3n) is 5.05. The van der Waals surface area contributed by atoms with Crippen LogP contribution in [0.2, 0.25) is 0 Å². The lowest BCUT2D eigenvalue weighted by atomic mass is 9.84. The highest BCUT2D eigenvalue weighted by atomic mass is 32.1. The summed E-state index contributed by atoms with van der Waals surface area (Å²) in [4.78, 5) is 29.1. The lowest BCUT2D eigenvalue weighted by molar-refractivity contribution is -0.144. The zero-order valence-electron chi connectivity index (χ0n) is 14.6. The molecule has 0 spiro atoms. The molecule has 4 rings (SSSR count). The van der Waals surface area contributed by atoms with Crippen molar-refractivity contribution in [3.63, 3.8) is 0 Å². The van der Waals surface area contributed by atoms with Crippen LogP contribution in [-0.2, 0) is 9.59 Å². The van der Waals surface area contributed by atoms with E-state index in [1.54, 1.807) is 39.6 Å². The maximum Gasteiger partial charge on any atom is 0.262 e. The molecule has 1 saturated carbocycles. The Morgan fingerprint density at radius 2 is 2.00 bits per heavy atom. The summed E-state index contributed by atoms with van der Waals surface area (Å²) in [5, 5.41) is 10.3. The van der Waals surface area contributed by atoms with Crippen LogP contribution in [0.1, 0.15) is 41.5 Å². The Hall–Kier alpha value is -1.99. The van der Waals surface area contributed by atoms with E-state index in [1.807, 2.05) is 35.0 Å². The van der Waals surface area contributed by atoms with Crippen molar-refractivity contribution in [2.75, 3.05) is 13.6 Å². The van der Waals surface area contributed by atoms with Crippen molar-refractivity contribution in [1.82, 2.24) is 9.91 Å². The van der Waals surface area contributed by atoms with E-state index in [2.05, 4.69) is 5.10 Å². The first-order chi connectivity index (χ1) is 12.6. The van der Waals surface area contributed by atoms with Crippen molar-refractivity contribution in [2.45, 2.75) is 31.7 Å². The molecule has 0 bridgehead atoms. The molecule has 1 fully saturated rings. The summed E-state index contributed by atoms with van der Waals surface area (Å²) in [7, 11) is 1.72. The average Bonchev–Trinajstić information content (AvgIpc) is 3.31. The first-order valence-electron chi connectivity index (χ1n) is 8.85. The predicted molar refractivity (Wildman–Crippen MR) is 104 cm³/mol. The summed E-state index contributed by atoms with van der Waals surface area (Å²) in [6.45, 7) is 0.0818. The fraction of sp³-hybridized carbons (Fsp3) is 0.421. The van der Waals surface area contributed by atoms with Gasteiger partial charge in [-0.1, -0.05) is 18.6 Å². The fourth-order valence-corrected chi connectivity index (χ4v) is 4.89. The van der Waals surface area contributed by atoms with Crippen LogP contribution in [0.3, 0.4) is 0 Å². The highest BCUT2D eigenvalue weighted by Gasteiger charge is 2.36. The van der Waals surface area contributed by atoms with Crippen molar-refractivity contribution in [3.05, 3.63) is 44.8 Å². The summed E-state index contributed by atoms with van der Waals surface area (Å²) in [6, 6.07) is 8.00. The summed E-state index contributed by atoms with van der Waals surface area (Å²) in [6.07, 6.45) is 3.71. The van der Waals surface area contributed by atoms with Crippen LogP contribution in [0.25, 0.3) is 0 Å². The van der Waals surface area contributed by atoms with E-state index >= 15 is 0 Å². The minimum Gasteiger partial charge on any atom is -0.336 e. The number of thiophene rings is 2. The third kappa shape index (κ3) is 3.33. The Labute approximate surface area is 160 Å². The number of likely N-dealkylation sites (N-methyl/N-ethyl adjacent to an activating group) is 1. The van der Waals surface area contributed by atoms with E-state index in [0.29, 0.717) is 6.42 Å². The van der Waals surface area contributed by atoms with Crippen LogP contribution < -0.4 is 0 Å². The van der Waals surface area contributed by atoms with Gasteiger partial charge < -0.3 is 4.90 Å². The second-order valence-corrected chi connectivity index (χ2v) is 8.75. The highest BCUT2D eigenvalue weighted by molar-refractivity contribution is 7.12. The Balaban J connectivity index is 1.52. The molecular weight excluding hydrogens is 366 g/mol. The number of amides is 2. The topological polar surface area (TPSA) is 53.0 Å². The minimum atomic E-state index is -0.120. The van der Waals surface area contributed by atoms with Gasteiger partial charge in [0.15, 0.2) is 0 Å². The number of carbonyl (C=O) groups is 2. The SMILES string of the molecule is CN(CC(=O)N1N=C(c2cccs2)CC1c1cccs1)C(=O)C1CCC1. The Bertz CT molecular complexity index is 810. The van der Waals surface area contributed by atoms with Crippen LogP contribution >= 0.6 is 22.7 Å². The fourth-order valence-electron chi connectivity index (χ4n) is 3.35. The molecule has 2 aliphatic rings. The molecule has 0 saturated heterocycles. The predicted octanol–water partition coefficient (Wildman–Crippen LogP) is 3.75. The standard InChI is InChI=1S/C19H21N3O2S2/c1-21(19(24)13-5-2-6-13)12-18(23)22-15(17-8-4-10-26-17)11-14(20-22)16-7-3-9-25-16/h3-4,7-10,13,15H,2,5-6,11-12H2,1H3. The Morgan fingerprint density at radius 1 is 1.23 bits per heavy atom. The van der Waals surface area contributed by atoms with E-state index in [1.165, 1.54) is 0 Å². The van der Waals surface area contributed by atoms with Crippen LogP contribution in [0.5, 0.6) is 0 Å². The summed E-state index contributed by atoms with van der Waals surface area (Å²) in [5.41, 5.74) is 0.944. The van der Waals surface area contributed by atoms with E-state index < -0.39 is 0 Å². The first kappa shape index (κ1) is 17.4. The van der Waals surface area contributed by atoms with Gasteiger partial charge in [-0.05, 0) is 35.7 Å². The summed E-state index contributed by atoms with van der Waals surface area (Å²) in [5.74, 6) is 0.0636. The largest absolute Gasteiger partial charge is 0.336 e. The molecule has 1 aliphatic carbocycles. The molecule has 1 aliphatic heterocycles. The summed E-state index contributed by atoms with van der Waals surface area (Å²) >= 11 is 3.28. The molecule has 0 radical (unpaired) electrons. The average molecular weight is 388 g/mol. The molecule has 3 heterocycles. The van der Waals surface area contributed by atoms with Crippen LogP contribution in [0, 0.1) is 5.92 Å². The number of hydrogen-bond donors (Lipinski definition) is 0. The van der Waals surface area contributed by atoms with E-state index in [4.69, 9.17) is 0 Å². The molecule has 0 aromatic carbocycles. The van der Waals surface area contributed by atoms with Gasteiger partial charge in [-0.3, -0.25) is 9.59 Å². The monoisotopic (exact) mass is 387 g/mol. The molecule has 2 aromatic rings. The minimum absolute atomic E-state index is 0.0770. The van der Waals surface area contributed by atoms with Crippen LogP contribution in [0.4, 0.5) is 0 Å². The lowest BCUT2D eigenvalue weighted by Crippen LogP contribution is -2.42. The van der Waals surface area contributed by atoms with Crippen LogP contribution in [0.15, 0.2) is 40.1 Å². The molecule has 1 atom stereocenters. The molecule has 2 amide bonds. The molecule has 5 nitrogen and oxygen atoms in total. The molecular formula is C19H21N3O2S2. The second kappa shape index (κ2) is 7.32. The van der Waals surface area contributed by atoms with Gasteiger partial charge in [0.2, 0.25) is 5.91 Å². The zero-order valence-corrected chi connectivity index (χ0v) is 16.3. The van der Waals surface area contributed by atoms with Crippen molar-refractivity contribution < 1.29 is 9.59 Å². The van der Waals surface area contributed by atoms with Crippen molar-refractivity contribution in [3.8, 4) is 0 Å². The van der Waals surface area contributed by atoms with Gasteiger partial charge in [0.05, 0.1) is 16.6 Å². The van der Waals surface area contributed by atoms with Gasteiger partial charge in [0.1, 0.15) is 6.54 Å². The van der Waals surface area contributed by atoms with Crippen molar-refractivity contribution >= 4 is 40.2 Å². The smallest absolute Gasteiger partial charge is 0.262 e. The Morgan fingerprint density at radius 3 is 2.62 bits per heavy atom. The molecule has 136 valence electrons.